The fourth-order valence-electron chi connectivity index (χ4n) is 1.30. The van der Waals surface area contributed by atoms with Crippen LogP contribution >= 0.6 is 0 Å². The molecule has 0 unspecified atom stereocenters. The molecule has 0 aromatic rings. The summed E-state index contributed by atoms with van der Waals surface area (Å²) in [6, 6.07) is 0. The van der Waals surface area contributed by atoms with E-state index in [4.69, 9.17) is 0 Å². The molecule has 0 aliphatic carbocycles. The van der Waals surface area contributed by atoms with Crippen LogP contribution in [0.1, 0.15) is 13.8 Å². The number of ether oxygens (including phenoxy) is 3. The van der Waals surface area contributed by atoms with Gasteiger partial charge in [-0.2, -0.15) is 92.2 Å². The van der Waals surface area contributed by atoms with Crippen molar-refractivity contribution >= 4 is 17.9 Å². The van der Waals surface area contributed by atoms with E-state index in [-0.39, 0.29) is 21.3 Å². The second-order valence-corrected chi connectivity index (χ2v) is 6.41. The predicted octanol–water partition coefficient (Wildman–Crippen LogP) is 7.00. The van der Waals surface area contributed by atoms with Gasteiger partial charge in [0, 0.05) is 0 Å². The molecular weight excluding hydrogens is 699 g/mol. The second kappa shape index (κ2) is 15.3. The Kier molecular flexibility index (Phi) is 16.6. The van der Waals surface area contributed by atoms with Crippen LogP contribution in [0.5, 0.6) is 0 Å². The molecule has 0 radical (unpaired) electrons. The lowest BCUT2D eigenvalue weighted by Crippen LogP contribution is -2.56. The molecule has 0 spiro atoms. The maximum atomic E-state index is 12.1. The number of carbonyl (C=O) groups excluding carboxylic acids is 3. The largest absolute Gasteiger partial charge is 0.464 e. The van der Waals surface area contributed by atoms with Crippen LogP contribution in [0.3, 0.4) is 0 Å². The van der Waals surface area contributed by atoms with Crippen molar-refractivity contribution in [2.75, 3.05) is 21.3 Å². The maximum Gasteiger partial charge on any atom is 0.460 e. The Labute approximate surface area is 229 Å². The third kappa shape index (κ3) is 9.98. The molecule has 0 aliphatic heterocycles. The molecule has 0 bridgehead atoms. The molecule has 44 heavy (non-hydrogen) atoms. The van der Waals surface area contributed by atoms with Crippen LogP contribution in [0.4, 0.5) is 92.2 Å². The molecule has 0 aliphatic rings. The minimum Gasteiger partial charge on any atom is -0.464 e. The van der Waals surface area contributed by atoms with Crippen LogP contribution < -0.4 is 0 Å². The average Bonchev–Trinajstić information content (AvgIpc) is 2.86. The quantitative estimate of drug-likeness (QED) is 0.168. The zero-order valence-electron chi connectivity index (χ0n) is 21.4. The van der Waals surface area contributed by atoms with Gasteiger partial charge in [-0.3, -0.25) is 0 Å². The first-order valence-corrected chi connectivity index (χ1v) is 9.67. The van der Waals surface area contributed by atoms with E-state index in [1.54, 1.807) is 0 Å². The lowest BCUT2D eigenvalue weighted by molar-refractivity contribution is -0.348. The van der Waals surface area contributed by atoms with Gasteiger partial charge in [-0.15, -0.1) is 0 Å². The van der Waals surface area contributed by atoms with Crippen LogP contribution in [0.15, 0.2) is 0 Å². The number of hydrogen-bond donors (Lipinski definition) is 0. The zero-order valence-corrected chi connectivity index (χ0v) is 21.4. The van der Waals surface area contributed by atoms with Gasteiger partial charge in [0.1, 0.15) is 0 Å². The summed E-state index contributed by atoms with van der Waals surface area (Å²) in [5, 5.41) is 0. The van der Waals surface area contributed by atoms with Gasteiger partial charge < -0.3 is 14.2 Å². The smallest absolute Gasteiger partial charge is 0.460 e. The number of rotatable bonds is 6. The van der Waals surface area contributed by atoms with Gasteiger partial charge in [0.05, 0.1) is 21.3 Å². The summed E-state index contributed by atoms with van der Waals surface area (Å²) in [5.41, 5.74) is 0. The molecule has 0 saturated heterocycles. The molecule has 0 rings (SSSR count). The first kappa shape index (κ1) is 47.9. The molecule has 27 heteroatoms. The molecule has 0 amide bonds. The van der Waals surface area contributed by atoms with Crippen molar-refractivity contribution in [3.05, 3.63) is 0 Å². The van der Waals surface area contributed by atoms with Gasteiger partial charge in [-0.05, 0) is 0 Å². The second-order valence-electron chi connectivity index (χ2n) is 6.41. The van der Waals surface area contributed by atoms with Gasteiger partial charge in [-0.1, -0.05) is 13.8 Å². The van der Waals surface area contributed by atoms with E-state index in [0.29, 0.717) is 0 Å². The molecule has 0 saturated carbocycles. The van der Waals surface area contributed by atoms with E-state index in [1.807, 2.05) is 13.8 Å². The van der Waals surface area contributed by atoms with Crippen LogP contribution in [-0.2, 0) is 28.6 Å². The Morgan fingerprint density at radius 3 is 0.523 bits per heavy atom. The molecule has 6 nitrogen and oxygen atoms in total. The third-order valence-corrected chi connectivity index (χ3v) is 3.58. The first-order valence-electron chi connectivity index (χ1n) is 9.67. The van der Waals surface area contributed by atoms with Gasteiger partial charge >= 0.3 is 72.0 Å². The highest BCUT2D eigenvalue weighted by atomic mass is 19.4. The molecular formula is C17H15F21O6. The van der Waals surface area contributed by atoms with Gasteiger partial charge in [0.25, 0.3) is 0 Å². The summed E-state index contributed by atoms with van der Waals surface area (Å²) >= 11 is 0. The summed E-state index contributed by atoms with van der Waals surface area (Å²) in [6.07, 6.45) is -19.6. The lowest BCUT2D eigenvalue weighted by atomic mass is 10.1. The minimum atomic E-state index is -6.52. The Balaban J connectivity index is -0.000000265. The number of esters is 3. The standard InChI is InChI=1S/3C5H3F7O2.C2H6/c3*1-14-2(13)3(6,7)4(8,9)5(10,11)12;1-2/h3*1H3;1-2H3. The van der Waals surface area contributed by atoms with E-state index >= 15 is 0 Å². The predicted molar refractivity (Wildman–Crippen MR) is 95.2 cm³/mol. The molecule has 266 valence electrons. The van der Waals surface area contributed by atoms with E-state index in [0.717, 1.165) is 0 Å². The van der Waals surface area contributed by atoms with Crippen molar-refractivity contribution < 1.29 is 121 Å². The van der Waals surface area contributed by atoms with Gasteiger partial charge in [0.2, 0.25) is 0 Å². The van der Waals surface area contributed by atoms with Crippen molar-refractivity contribution in [3.63, 3.8) is 0 Å². The molecule has 0 heterocycles. The van der Waals surface area contributed by atoms with Gasteiger partial charge in [-0.25, -0.2) is 14.4 Å². The Hall–Kier alpha value is -3.06. The fourth-order valence-corrected chi connectivity index (χ4v) is 1.30. The van der Waals surface area contributed by atoms with Crippen LogP contribution in [0.2, 0.25) is 0 Å². The highest BCUT2D eigenvalue weighted by Crippen LogP contribution is 2.48. The van der Waals surface area contributed by atoms with Crippen molar-refractivity contribution in [2.45, 2.75) is 67.9 Å². The highest BCUT2D eigenvalue weighted by Gasteiger charge is 2.79. The number of alkyl halides is 21. The van der Waals surface area contributed by atoms with Crippen LogP contribution in [0.25, 0.3) is 0 Å². The van der Waals surface area contributed by atoms with E-state index in [1.165, 1.54) is 0 Å². The molecule has 0 N–H and O–H groups in total. The average molecular weight is 714 g/mol. The van der Waals surface area contributed by atoms with Crippen LogP contribution in [-0.4, -0.2) is 93.3 Å². The molecule has 0 aromatic heterocycles. The minimum absolute atomic E-state index is 0.267. The maximum absolute atomic E-state index is 12.1. The summed E-state index contributed by atoms with van der Waals surface area (Å²) < 4.78 is 257. The molecule has 0 aromatic carbocycles. The molecule has 0 fully saturated rings. The van der Waals surface area contributed by atoms with Crippen molar-refractivity contribution in [1.82, 2.24) is 0 Å². The number of methoxy groups -OCH3 is 3. The SMILES string of the molecule is CC.COC(=O)C(F)(F)C(F)(F)C(F)(F)F.COC(=O)C(F)(F)C(F)(F)C(F)(F)F.COC(=O)C(F)(F)C(F)(F)C(F)(F)F. The lowest BCUT2D eigenvalue weighted by Gasteiger charge is -2.25. The summed E-state index contributed by atoms with van der Waals surface area (Å²) in [7, 11) is 0.800. The van der Waals surface area contributed by atoms with Crippen LogP contribution in [0, 0.1) is 0 Å². The van der Waals surface area contributed by atoms with Gasteiger partial charge in [0.15, 0.2) is 0 Å². The topological polar surface area (TPSA) is 78.9 Å². The number of hydrogen-bond acceptors (Lipinski definition) is 6. The fraction of sp³-hybridized carbons (Fsp3) is 0.824. The third-order valence-electron chi connectivity index (χ3n) is 3.58. The van der Waals surface area contributed by atoms with E-state index in [2.05, 4.69) is 14.2 Å². The Bertz CT molecular complexity index is 814. The van der Waals surface area contributed by atoms with E-state index in [9.17, 15) is 107 Å². The first-order chi connectivity index (χ1) is 18.9. The summed E-state index contributed by atoms with van der Waals surface area (Å²) in [6.45, 7) is 4.00. The Morgan fingerprint density at radius 2 is 0.455 bits per heavy atom. The molecule has 0 atom stereocenters. The van der Waals surface area contributed by atoms with Crippen molar-refractivity contribution in [2.24, 2.45) is 0 Å². The number of carbonyl (C=O) groups is 3. The zero-order chi connectivity index (χ0) is 37.4. The van der Waals surface area contributed by atoms with E-state index < -0.39 is 72.0 Å². The summed E-state index contributed by atoms with van der Waals surface area (Å²) in [5.74, 6) is -46.0. The summed E-state index contributed by atoms with van der Waals surface area (Å²) in [4.78, 5) is 29.9. The highest BCUT2D eigenvalue weighted by molar-refractivity contribution is 5.79. The number of halogens is 21. The van der Waals surface area contributed by atoms with Crippen molar-refractivity contribution in [1.29, 1.82) is 0 Å². The normalized spacial score (nSPS) is 13.5. The monoisotopic (exact) mass is 714 g/mol. The van der Waals surface area contributed by atoms with Crippen molar-refractivity contribution in [3.8, 4) is 0 Å². The Morgan fingerprint density at radius 1 is 0.341 bits per heavy atom.